The zero-order valence-electron chi connectivity index (χ0n) is 8.42. The van der Waals surface area contributed by atoms with Crippen molar-refractivity contribution in [2.24, 2.45) is 5.92 Å². The molecule has 1 saturated heterocycles. The van der Waals surface area contributed by atoms with Gasteiger partial charge in [0.1, 0.15) is 0 Å². The van der Waals surface area contributed by atoms with Gasteiger partial charge in [0, 0.05) is 12.6 Å². The number of thioether (sulfide) groups is 1. The zero-order valence-corrected chi connectivity index (χ0v) is 9.24. The summed E-state index contributed by atoms with van der Waals surface area (Å²) in [5, 5.41) is 5.94. The van der Waals surface area contributed by atoms with Crippen molar-refractivity contribution in [3.8, 4) is 0 Å². The summed E-state index contributed by atoms with van der Waals surface area (Å²) in [6.45, 7) is 0.853. The van der Waals surface area contributed by atoms with Crippen LogP contribution in [0, 0.1) is 5.92 Å². The van der Waals surface area contributed by atoms with E-state index in [4.69, 9.17) is 0 Å². The van der Waals surface area contributed by atoms with E-state index < -0.39 is 0 Å². The van der Waals surface area contributed by atoms with Crippen molar-refractivity contribution < 1.29 is 4.79 Å². The molecule has 14 heavy (non-hydrogen) atoms. The first kappa shape index (κ1) is 10.1. The molecule has 1 saturated carbocycles. The maximum Gasteiger partial charge on any atom is 0.315 e. The van der Waals surface area contributed by atoms with E-state index >= 15 is 0 Å². The van der Waals surface area contributed by atoms with Crippen molar-refractivity contribution in [3.05, 3.63) is 0 Å². The molecule has 0 aromatic rings. The van der Waals surface area contributed by atoms with Gasteiger partial charge in [-0.1, -0.05) is 0 Å². The van der Waals surface area contributed by atoms with Crippen LogP contribution in [0.4, 0.5) is 4.79 Å². The molecule has 4 heteroatoms. The van der Waals surface area contributed by atoms with Crippen LogP contribution in [-0.2, 0) is 0 Å². The molecule has 1 heterocycles. The second-order valence-corrected chi connectivity index (χ2v) is 5.36. The molecule has 0 aromatic heterocycles. The van der Waals surface area contributed by atoms with E-state index in [1.807, 2.05) is 11.8 Å². The first-order chi connectivity index (χ1) is 6.84. The standard InChI is InChI=1S/C10H18N2OS/c13-10(12-9-2-1-3-9)11-6-8-4-5-14-7-8/h8-9H,1-7H2,(H2,11,12,13). The van der Waals surface area contributed by atoms with E-state index in [9.17, 15) is 4.79 Å². The molecule has 1 aliphatic carbocycles. The SMILES string of the molecule is O=C(NCC1CCSC1)NC1CCC1. The monoisotopic (exact) mass is 214 g/mol. The highest BCUT2D eigenvalue weighted by molar-refractivity contribution is 7.99. The van der Waals surface area contributed by atoms with Crippen LogP contribution < -0.4 is 10.6 Å². The minimum absolute atomic E-state index is 0.0339. The Morgan fingerprint density at radius 2 is 2.21 bits per heavy atom. The van der Waals surface area contributed by atoms with Gasteiger partial charge in [-0.15, -0.1) is 0 Å². The van der Waals surface area contributed by atoms with Gasteiger partial charge in [-0.2, -0.15) is 11.8 Å². The Hall–Kier alpha value is -0.380. The third-order valence-electron chi connectivity index (χ3n) is 3.02. The average Bonchev–Trinajstić information content (AvgIpc) is 2.60. The van der Waals surface area contributed by atoms with Gasteiger partial charge in [0.05, 0.1) is 0 Å². The maximum absolute atomic E-state index is 11.4. The smallest absolute Gasteiger partial charge is 0.315 e. The number of hydrogen-bond acceptors (Lipinski definition) is 2. The predicted molar refractivity (Wildman–Crippen MR) is 59.6 cm³/mol. The van der Waals surface area contributed by atoms with Gasteiger partial charge in [-0.05, 0) is 43.1 Å². The van der Waals surface area contributed by atoms with Crippen molar-refractivity contribution in [3.63, 3.8) is 0 Å². The molecule has 2 fully saturated rings. The molecule has 0 spiro atoms. The fraction of sp³-hybridized carbons (Fsp3) is 0.900. The van der Waals surface area contributed by atoms with Crippen molar-refractivity contribution in [2.75, 3.05) is 18.1 Å². The quantitative estimate of drug-likeness (QED) is 0.749. The van der Waals surface area contributed by atoms with Gasteiger partial charge < -0.3 is 10.6 Å². The Morgan fingerprint density at radius 1 is 1.36 bits per heavy atom. The Bertz CT molecular complexity index is 200. The van der Waals surface area contributed by atoms with Crippen molar-refractivity contribution in [1.82, 2.24) is 10.6 Å². The lowest BCUT2D eigenvalue weighted by Gasteiger charge is -2.26. The van der Waals surface area contributed by atoms with Crippen molar-refractivity contribution in [2.45, 2.75) is 31.7 Å². The molecular formula is C10H18N2OS. The van der Waals surface area contributed by atoms with Gasteiger partial charge >= 0.3 is 6.03 Å². The van der Waals surface area contributed by atoms with Gasteiger partial charge in [0.2, 0.25) is 0 Å². The third kappa shape index (κ3) is 2.80. The summed E-state index contributed by atoms with van der Waals surface area (Å²) in [6.07, 6.45) is 4.85. The Morgan fingerprint density at radius 3 is 2.79 bits per heavy atom. The summed E-state index contributed by atoms with van der Waals surface area (Å²) >= 11 is 1.99. The molecule has 0 bridgehead atoms. The van der Waals surface area contributed by atoms with E-state index in [0.29, 0.717) is 12.0 Å². The Kier molecular flexibility index (Phi) is 3.56. The second kappa shape index (κ2) is 4.91. The molecule has 2 amide bonds. The van der Waals surface area contributed by atoms with Crippen LogP contribution in [0.15, 0.2) is 0 Å². The van der Waals surface area contributed by atoms with Crippen molar-refractivity contribution in [1.29, 1.82) is 0 Å². The van der Waals surface area contributed by atoms with Crippen LogP contribution in [-0.4, -0.2) is 30.1 Å². The van der Waals surface area contributed by atoms with Crippen LogP contribution in [0.2, 0.25) is 0 Å². The molecule has 3 nitrogen and oxygen atoms in total. The summed E-state index contributed by atoms with van der Waals surface area (Å²) in [4.78, 5) is 11.4. The minimum Gasteiger partial charge on any atom is -0.338 e. The molecule has 1 atom stereocenters. The van der Waals surface area contributed by atoms with Crippen LogP contribution in [0.5, 0.6) is 0 Å². The summed E-state index contributed by atoms with van der Waals surface area (Å²) in [7, 11) is 0. The highest BCUT2D eigenvalue weighted by Gasteiger charge is 2.20. The second-order valence-electron chi connectivity index (χ2n) is 4.21. The molecule has 2 aliphatic rings. The summed E-state index contributed by atoms with van der Waals surface area (Å²) < 4.78 is 0. The first-order valence-corrected chi connectivity index (χ1v) is 6.62. The van der Waals surface area contributed by atoms with Gasteiger partial charge in [-0.3, -0.25) is 0 Å². The molecule has 1 unspecified atom stereocenters. The number of amides is 2. The van der Waals surface area contributed by atoms with Gasteiger partial charge in [0.15, 0.2) is 0 Å². The summed E-state index contributed by atoms with van der Waals surface area (Å²) in [6, 6.07) is 0.486. The molecule has 1 aliphatic heterocycles. The van der Waals surface area contributed by atoms with E-state index in [2.05, 4.69) is 10.6 Å². The van der Waals surface area contributed by atoms with Gasteiger partial charge in [0.25, 0.3) is 0 Å². The number of urea groups is 1. The molecular weight excluding hydrogens is 196 g/mol. The lowest BCUT2D eigenvalue weighted by Crippen LogP contribution is -2.46. The van der Waals surface area contributed by atoms with E-state index in [1.165, 1.54) is 24.3 Å². The lowest BCUT2D eigenvalue weighted by molar-refractivity contribution is 0.227. The van der Waals surface area contributed by atoms with Crippen LogP contribution in [0.1, 0.15) is 25.7 Å². The van der Waals surface area contributed by atoms with Gasteiger partial charge in [-0.25, -0.2) is 4.79 Å². The molecule has 0 radical (unpaired) electrons. The normalized spacial score (nSPS) is 27.0. The molecule has 80 valence electrons. The number of rotatable bonds is 3. The van der Waals surface area contributed by atoms with E-state index in [0.717, 1.165) is 19.4 Å². The Labute approximate surface area is 89.4 Å². The average molecular weight is 214 g/mol. The fourth-order valence-corrected chi connectivity index (χ4v) is 3.05. The zero-order chi connectivity index (χ0) is 9.80. The lowest BCUT2D eigenvalue weighted by atomic mass is 9.93. The van der Waals surface area contributed by atoms with E-state index in [1.54, 1.807) is 0 Å². The topological polar surface area (TPSA) is 41.1 Å². The fourth-order valence-electron chi connectivity index (χ4n) is 1.77. The largest absolute Gasteiger partial charge is 0.338 e. The minimum atomic E-state index is 0.0339. The third-order valence-corrected chi connectivity index (χ3v) is 4.25. The summed E-state index contributed by atoms with van der Waals surface area (Å²) in [5.41, 5.74) is 0. The van der Waals surface area contributed by atoms with Crippen LogP contribution in [0.3, 0.4) is 0 Å². The highest BCUT2D eigenvalue weighted by atomic mass is 32.2. The number of carbonyl (C=O) groups is 1. The Balaban J connectivity index is 1.57. The molecule has 0 aromatic carbocycles. The van der Waals surface area contributed by atoms with E-state index in [-0.39, 0.29) is 6.03 Å². The molecule has 2 rings (SSSR count). The van der Waals surface area contributed by atoms with Crippen LogP contribution in [0.25, 0.3) is 0 Å². The van der Waals surface area contributed by atoms with Crippen LogP contribution >= 0.6 is 11.8 Å². The molecule has 2 N–H and O–H groups in total. The summed E-state index contributed by atoms with van der Waals surface area (Å²) in [5.74, 6) is 3.17. The highest BCUT2D eigenvalue weighted by Crippen LogP contribution is 2.22. The first-order valence-electron chi connectivity index (χ1n) is 5.46. The maximum atomic E-state index is 11.4. The number of hydrogen-bond donors (Lipinski definition) is 2. The number of nitrogens with one attached hydrogen (secondary N) is 2. The predicted octanol–water partition coefficient (Wildman–Crippen LogP) is 1.59. The van der Waals surface area contributed by atoms with Crippen molar-refractivity contribution >= 4 is 17.8 Å². The number of carbonyl (C=O) groups excluding carboxylic acids is 1.